The number of allylic oxidation sites excluding steroid dienone is 1. The fourth-order valence-corrected chi connectivity index (χ4v) is 4.86. The first-order valence-electron chi connectivity index (χ1n) is 9.50. The van der Waals surface area contributed by atoms with Crippen molar-refractivity contribution >= 4 is 39.1 Å². The van der Waals surface area contributed by atoms with Crippen molar-refractivity contribution in [1.82, 2.24) is 0 Å². The molecule has 3 nitrogen and oxygen atoms in total. The van der Waals surface area contributed by atoms with Crippen molar-refractivity contribution in [3.63, 3.8) is 0 Å². The molecule has 0 spiro atoms. The number of carbonyl (C=O) groups excluding carboxylic acids is 1. The molecule has 148 valence electrons. The van der Waals surface area contributed by atoms with Gasteiger partial charge in [-0.25, -0.2) is 0 Å². The lowest BCUT2D eigenvalue weighted by Gasteiger charge is -2.12. The number of thiophene rings is 1. The monoisotopic (exact) mass is 468 g/mol. The molecule has 4 rings (SSSR count). The number of hydrogen-bond acceptors (Lipinski definition) is 4. The fourth-order valence-electron chi connectivity index (χ4n) is 3.51. The highest BCUT2D eigenvalue weighted by Crippen LogP contribution is 2.28. The number of halogens is 1. The number of rotatable bonds is 7. The van der Waals surface area contributed by atoms with Crippen LogP contribution >= 0.6 is 27.3 Å². The Morgan fingerprint density at radius 2 is 2.00 bits per heavy atom. The first-order valence-corrected chi connectivity index (χ1v) is 11.2. The lowest BCUT2D eigenvalue weighted by atomic mass is 10.1. The third kappa shape index (κ3) is 4.80. The van der Waals surface area contributed by atoms with Crippen molar-refractivity contribution in [2.75, 3.05) is 7.11 Å². The van der Waals surface area contributed by atoms with E-state index in [4.69, 9.17) is 9.47 Å². The second-order valence-electron chi connectivity index (χ2n) is 6.97. The smallest absolute Gasteiger partial charge is 0.195 e. The van der Waals surface area contributed by atoms with E-state index in [9.17, 15) is 4.79 Å². The number of ether oxygens (including phenoxy) is 2. The molecule has 1 aliphatic rings. The number of hydrogen-bond donors (Lipinski definition) is 0. The number of fused-ring (bicyclic) bond motifs is 1. The summed E-state index contributed by atoms with van der Waals surface area (Å²) >= 11 is 4.81. The maximum absolute atomic E-state index is 12.3. The van der Waals surface area contributed by atoms with Crippen LogP contribution in [0.25, 0.3) is 6.08 Å². The van der Waals surface area contributed by atoms with Crippen molar-refractivity contribution in [2.24, 2.45) is 0 Å². The van der Waals surface area contributed by atoms with E-state index in [1.807, 2.05) is 41.8 Å². The Hall–Kier alpha value is -2.37. The molecule has 0 atom stereocenters. The van der Waals surface area contributed by atoms with Gasteiger partial charge >= 0.3 is 0 Å². The normalized spacial score (nSPS) is 12.9. The van der Waals surface area contributed by atoms with Crippen molar-refractivity contribution in [3.8, 4) is 11.5 Å². The zero-order valence-electron chi connectivity index (χ0n) is 16.1. The summed E-state index contributed by atoms with van der Waals surface area (Å²) in [6.07, 6.45) is 6.95. The molecule has 1 aromatic heterocycles. The van der Waals surface area contributed by atoms with Crippen LogP contribution in [0.15, 0.2) is 58.4 Å². The van der Waals surface area contributed by atoms with E-state index >= 15 is 0 Å². The van der Waals surface area contributed by atoms with E-state index in [2.05, 4.69) is 28.1 Å². The minimum absolute atomic E-state index is 0.00698. The van der Waals surface area contributed by atoms with Crippen LogP contribution in [0, 0.1) is 0 Å². The van der Waals surface area contributed by atoms with Crippen LogP contribution in [0.5, 0.6) is 11.5 Å². The second kappa shape index (κ2) is 8.97. The zero-order valence-corrected chi connectivity index (χ0v) is 18.5. The van der Waals surface area contributed by atoms with Crippen LogP contribution in [0.2, 0.25) is 0 Å². The van der Waals surface area contributed by atoms with E-state index < -0.39 is 0 Å². The van der Waals surface area contributed by atoms with Crippen molar-refractivity contribution in [2.45, 2.75) is 25.9 Å². The first kappa shape index (κ1) is 19.9. The van der Waals surface area contributed by atoms with Gasteiger partial charge in [-0.15, -0.1) is 11.3 Å². The van der Waals surface area contributed by atoms with Gasteiger partial charge < -0.3 is 9.47 Å². The van der Waals surface area contributed by atoms with Gasteiger partial charge in [0, 0.05) is 15.4 Å². The Bertz CT molecular complexity index is 1070. The molecule has 2 aromatic carbocycles. The summed E-state index contributed by atoms with van der Waals surface area (Å²) in [5, 5.41) is 1.91. The molecule has 0 bridgehead atoms. The molecule has 0 aliphatic heterocycles. The summed E-state index contributed by atoms with van der Waals surface area (Å²) in [6.45, 7) is 0.412. The molecule has 1 aliphatic carbocycles. The lowest BCUT2D eigenvalue weighted by molar-refractivity contribution is 0.105. The van der Waals surface area contributed by atoms with Crippen LogP contribution in [0.4, 0.5) is 0 Å². The molecule has 0 radical (unpaired) electrons. The van der Waals surface area contributed by atoms with E-state index in [0.29, 0.717) is 11.5 Å². The lowest BCUT2D eigenvalue weighted by Crippen LogP contribution is -2.00. The van der Waals surface area contributed by atoms with E-state index in [1.54, 1.807) is 13.2 Å². The van der Waals surface area contributed by atoms with E-state index in [1.165, 1.54) is 35.3 Å². The molecule has 0 saturated carbocycles. The largest absolute Gasteiger partial charge is 0.496 e. The molecular weight excluding hydrogens is 448 g/mol. The predicted molar refractivity (Wildman–Crippen MR) is 121 cm³/mol. The van der Waals surface area contributed by atoms with Gasteiger partial charge in [-0.3, -0.25) is 4.79 Å². The van der Waals surface area contributed by atoms with Crippen LogP contribution in [0.1, 0.15) is 38.3 Å². The predicted octanol–water partition coefficient (Wildman–Crippen LogP) is 6.48. The van der Waals surface area contributed by atoms with Gasteiger partial charge in [-0.1, -0.05) is 18.2 Å². The van der Waals surface area contributed by atoms with Crippen LogP contribution in [-0.2, 0) is 19.4 Å². The number of aryl methyl sites for hydroxylation is 2. The topological polar surface area (TPSA) is 35.5 Å². The summed E-state index contributed by atoms with van der Waals surface area (Å²) < 4.78 is 12.4. The Kier molecular flexibility index (Phi) is 6.16. The van der Waals surface area contributed by atoms with Gasteiger partial charge in [-0.05, 0) is 88.3 Å². The van der Waals surface area contributed by atoms with Gasteiger partial charge in [0.25, 0.3) is 0 Å². The second-order valence-corrected chi connectivity index (χ2v) is 8.80. The Morgan fingerprint density at radius 1 is 1.14 bits per heavy atom. The summed E-state index contributed by atoms with van der Waals surface area (Å²) in [6, 6.07) is 14.0. The minimum Gasteiger partial charge on any atom is -0.496 e. The molecule has 0 saturated heterocycles. The summed E-state index contributed by atoms with van der Waals surface area (Å²) in [4.78, 5) is 13.0. The molecule has 0 unspecified atom stereocenters. The molecule has 29 heavy (non-hydrogen) atoms. The third-order valence-corrected chi connectivity index (χ3v) is 6.71. The highest BCUT2D eigenvalue weighted by molar-refractivity contribution is 9.10. The Morgan fingerprint density at radius 3 is 2.79 bits per heavy atom. The maximum atomic E-state index is 12.3. The number of benzene rings is 2. The fraction of sp³-hybridized carbons (Fsp3) is 0.208. The van der Waals surface area contributed by atoms with Crippen molar-refractivity contribution in [1.29, 1.82) is 0 Å². The molecule has 0 N–H and O–H groups in total. The van der Waals surface area contributed by atoms with Gasteiger partial charge in [0.2, 0.25) is 0 Å². The van der Waals surface area contributed by atoms with E-state index in [0.717, 1.165) is 33.5 Å². The molecular formula is C24H21BrO3S. The zero-order chi connectivity index (χ0) is 20.2. The van der Waals surface area contributed by atoms with Gasteiger partial charge in [0.05, 0.1) is 12.0 Å². The van der Waals surface area contributed by atoms with Gasteiger partial charge in [0.15, 0.2) is 5.78 Å². The first-order chi connectivity index (χ1) is 14.1. The van der Waals surface area contributed by atoms with Crippen LogP contribution in [-0.4, -0.2) is 12.9 Å². The van der Waals surface area contributed by atoms with Crippen LogP contribution in [0.3, 0.4) is 0 Å². The molecule has 1 heterocycles. The minimum atomic E-state index is -0.00698. The SMILES string of the molecule is COc1ccc(/C=C/C(=O)c2cc(Br)cs2)cc1COc1ccc2c(c1)CCC2. The molecule has 3 aromatic rings. The van der Waals surface area contributed by atoms with Crippen molar-refractivity contribution in [3.05, 3.63) is 85.5 Å². The molecule has 0 amide bonds. The quantitative estimate of drug-likeness (QED) is 0.293. The average Bonchev–Trinajstić information content (AvgIpc) is 3.38. The van der Waals surface area contributed by atoms with E-state index in [-0.39, 0.29) is 5.78 Å². The summed E-state index contributed by atoms with van der Waals surface area (Å²) in [7, 11) is 1.65. The maximum Gasteiger partial charge on any atom is 0.195 e. The highest BCUT2D eigenvalue weighted by Gasteiger charge is 2.12. The van der Waals surface area contributed by atoms with Crippen molar-refractivity contribution < 1.29 is 14.3 Å². The van der Waals surface area contributed by atoms with Gasteiger partial charge in [-0.2, -0.15) is 0 Å². The molecule has 0 fully saturated rings. The van der Waals surface area contributed by atoms with Crippen LogP contribution < -0.4 is 9.47 Å². The Balaban J connectivity index is 1.47. The van der Waals surface area contributed by atoms with Gasteiger partial charge in [0.1, 0.15) is 18.1 Å². The average molecular weight is 469 g/mol. The number of carbonyl (C=O) groups is 1. The number of ketones is 1. The molecule has 5 heteroatoms. The Labute approximate surface area is 183 Å². The summed E-state index contributed by atoms with van der Waals surface area (Å²) in [5.74, 6) is 1.65. The third-order valence-electron chi connectivity index (χ3n) is 5.01. The standard InChI is InChI=1S/C24H21BrO3S/c1-27-23-10-6-16(5-9-22(26)24-13-20(25)15-29-24)11-19(23)14-28-21-8-7-17-3-2-4-18(17)12-21/h5-13,15H,2-4,14H2,1H3/b9-5+. The summed E-state index contributed by atoms with van der Waals surface area (Å²) in [5.41, 5.74) is 4.71. The highest BCUT2D eigenvalue weighted by atomic mass is 79.9. The number of methoxy groups -OCH3 is 1.